The molecule has 1 amide bonds. The van der Waals surface area contributed by atoms with E-state index in [1.54, 1.807) is 12.1 Å². The molecule has 0 aliphatic rings. The molecule has 0 spiro atoms. The zero-order valence-corrected chi connectivity index (χ0v) is 18.3. The molecule has 33 heavy (non-hydrogen) atoms. The predicted octanol–water partition coefficient (Wildman–Crippen LogP) is 1.88. The Morgan fingerprint density at radius 2 is 1.42 bits per heavy atom. The van der Waals surface area contributed by atoms with E-state index in [9.17, 15) is 24.5 Å². The van der Waals surface area contributed by atoms with Crippen LogP contribution in [0.4, 0.5) is 5.69 Å². The first-order valence-electron chi connectivity index (χ1n) is 9.34. The lowest BCUT2D eigenvalue weighted by Gasteiger charge is -2.14. The van der Waals surface area contributed by atoms with Gasteiger partial charge in [-0.2, -0.15) is 0 Å². The maximum absolute atomic E-state index is 12.3. The molecule has 0 fully saturated rings. The van der Waals surface area contributed by atoms with Gasteiger partial charge in [0.25, 0.3) is 11.6 Å². The lowest BCUT2D eigenvalue weighted by atomic mass is 10.1. The van der Waals surface area contributed by atoms with Crippen LogP contribution in [-0.2, 0) is 20.8 Å². The smallest absolute Gasteiger partial charge is 0.338 e. The number of nitro groups is 1. The highest BCUT2D eigenvalue weighted by Crippen LogP contribution is 2.34. The summed E-state index contributed by atoms with van der Waals surface area (Å²) in [6, 6.07) is 6.20. The molecule has 2 rings (SSSR count). The van der Waals surface area contributed by atoms with E-state index in [0.717, 1.165) is 25.3 Å². The molecule has 0 saturated carbocycles. The molecule has 1 N–H and O–H groups in total. The normalized spacial score (nSPS) is 10.1. The van der Waals surface area contributed by atoms with E-state index in [0.29, 0.717) is 22.8 Å². The van der Waals surface area contributed by atoms with Crippen molar-refractivity contribution in [2.75, 3.05) is 35.0 Å². The van der Waals surface area contributed by atoms with Gasteiger partial charge in [-0.25, -0.2) is 9.59 Å². The molecule has 0 aliphatic carbocycles. The van der Waals surface area contributed by atoms with Crippen molar-refractivity contribution in [1.82, 2.24) is 5.32 Å². The molecular weight excluding hydrogens is 440 g/mol. The first-order valence-corrected chi connectivity index (χ1v) is 9.34. The van der Waals surface area contributed by atoms with E-state index < -0.39 is 35.1 Å². The minimum absolute atomic E-state index is 0.0310. The molecule has 2 aromatic carbocycles. The molecular formula is C21H22N2O10. The second-order valence-electron chi connectivity index (χ2n) is 6.39. The molecule has 0 aromatic heterocycles. The number of carbonyl (C=O) groups excluding carboxylic acids is 3. The van der Waals surface area contributed by atoms with E-state index in [2.05, 4.69) is 10.1 Å². The second-order valence-corrected chi connectivity index (χ2v) is 6.39. The number of rotatable bonds is 10. The van der Waals surface area contributed by atoms with Gasteiger partial charge in [-0.3, -0.25) is 14.9 Å². The summed E-state index contributed by atoms with van der Waals surface area (Å²) in [6.07, 6.45) is 0. The fraction of sp³-hybridized carbons (Fsp3) is 0.286. The third kappa shape index (κ3) is 6.32. The number of ether oxygens (including phenoxy) is 5. The van der Waals surface area contributed by atoms with Gasteiger partial charge in [-0.15, -0.1) is 0 Å². The van der Waals surface area contributed by atoms with E-state index in [4.69, 9.17) is 18.9 Å². The van der Waals surface area contributed by atoms with Crippen LogP contribution in [0.15, 0.2) is 30.3 Å². The summed E-state index contributed by atoms with van der Waals surface area (Å²) in [4.78, 5) is 46.4. The van der Waals surface area contributed by atoms with Crippen LogP contribution in [0.25, 0.3) is 0 Å². The number of esters is 2. The van der Waals surface area contributed by atoms with Crippen LogP contribution < -0.4 is 19.5 Å². The lowest BCUT2D eigenvalue weighted by Crippen LogP contribution is -2.28. The molecule has 176 valence electrons. The van der Waals surface area contributed by atoms with Crippen LogP contribution in [-0.4, -0.2) is 57.8 Å². The largest absolute Gasteiger partial charge is 0.496 e. The molecule has 0 atom stereocenters. The molecule has 0 bridgehead atoms. The zero-order chi connectivity index (χ0) is 24.5. The molecule has 12 nitrogen and oxygen atoms in total. The summed E-state index contributed by atoms with van der Waals surface area (Å²) in [5.41, 5.74) is -0.409. The van der Waals surface area contributed by atoms with Crippen molar-refractivity contribution < 1.29 is 43.0 Å². The summed E-state index contributed by atoms with van der Waals surface area (Å²) in [5.74, 6) is -1.21. The van der Waals surface area contributed by atoms with Gasteiger partial charge in [0.1, 0.15) is 5.75 Å². The summed E-state index contributed by atoms with van der Waals surface area (Å²) >= 11 is 0. The molecule has 0 radical (unpaired) electrons. The highest BCUT2D eigenvalue weighted by molar-refractivity contribution is 5.97. The van der Waals surface area contributed by atoms with E-state index in [1.165, 1.54) is 21.3 Å². The summed E-state index contributed by atoms with van der Waals surface area (Å²) < 4.78 is 25.1. The number of hydrogen-bond donors (Lipinski definition) is 1. The molecule has 2 aromatic rings. The number of benzene rings is 2. The number of carbonyl (C=O) groups is 3. The van der Waals surface area contributed by atoms with Crippen LogP contribution in [0.2, 0.25) is 0 Å². The van der Waals surface area contributed by atoms with Crippen molar-refractivity contribution in [3.8, 4) is 17.2 Å². The van der Waals surface area contributed by atoms with Gasteiger partial charge in [0.05, 0.1) is 44.5 Å². The van der Waals surface area contributed by atoms with E-state index >= 15 is 0 Å². The number of non-ortho nitro benzene ring substituents is 1. The van der Waals surface area contributed by atoms with Crippen molar-refractivity contribution in [2.24, 2.45) is 0 Å². The monoisotopic (exact) mass is 462 g/mol. The number of nitro benzene ring substituents is 1. The highest BCUT2D eigenvalue weighted by atomic mass is 16.6. The van der Waals surface area contributed by atoms with Crippen LogP contribution in [0, 0.1) is 10.1 Å². The minimum Gasteiger partial charge on any atom is -0.496 e. The average Bonchev–Trinajstić information content (AvgIpc) is 2.84. The van der Waals surface area contributed by atoms with Gasteiger partial charge in [0.2, 0.25) is 0 Å². The van der Waals surface area contributed by atoms with Crippen LogP contribution in [0.5, 0.6) is 17.2 Å². The van der Waals surface area contributed by atoms with Gasteiger partial charge >= 0.3 is 11.9 Å². The number of amides is 1. The Hall–Kier alpha value is -4.35. The minimum atomic E-state index is -1.03. The molecule has 0 saturated heterocycles. The Bertz CT molecular complexity index is 1070. The summed E-state index contributed by atoms with van der Waals surface area (Å²) in [5, 5.41) is 13.6. The van der Waals surface area contributed by atoms with Gasteiger partial charge in [0.15, 0.2) is 18.1 Å². The quantitative estimate of drug-likeness (QED) is 0.315. The van der Waals surface area contributed by atoms with E-state index in [-0.39, 0.29) is 17.7 Å². The average molecular weight is 462 g/mol. The topological polar surface area (TPSA) is 153 Å². The maximum atomic E-state index is 12.3. The SMILES string of the molecule is COC(=O)c1cc(C(=O)OCC(=O)NCc2cc(OC)c(OC)cc2OC)cc([N+](=O)[O-])c1. The summed E-state index contributed by atoms with van der Waals surface area (Å²) in [7, 11) is 5.49. The molecule has 0 heterocycles. The Balaban J connectivity index is 2.06. The predicted molar refractivity (Wildman–Crippen MR) is 113 cm³/mol. The van der Waals surface area contributed by atoms with Crippen molar-refractivity contribution in [3.63, 3.8) is 0 Å². The fourth-order valence-corrected chi connectivity index (χ4v) is 2.76. The van der Waals surface area contributed by atoms with E-state index in [1.807, 2.05) is 0 Å². The molecule has 12 heteroatoms. The van der Waals surface area contributed by atoms with Crippen LogP contribution >= 0.6 is 0 Å². The van der Waals surface area contributed by atoms with Crippen LogP contribution in [0.3, 0.4) is 0 Å². The zero-order valence-electron chi connectivity index (χ0n) is 18.3. The lowest BCUT2D eigenvalue weighted by molar-refractivity contribution is -0.384. The third-order valence-corrected chi connectivity index (χ3v) is 4.38. The van der Waals surface area contributed by atoms with Crippen molar-refractivity contribution in [2.45, 2.75) is 6.54 Å². The third-order valence-electron chi connectivity index (χ3n) is 4.38. The maximum Gasteiger partial charge on any atom is 0.338 e. The van der Waals surface area contributed by atoms with Gasteiger partial charge in [-0.1, -0.05) is 0 Å². The number of hydrogen-bond acceptors (Lipinski definition) is 10. The van der Waals surface area contributed by atoms with Gasteiger partial charge in [-0.05, 0) is 12.1 Å². The molecule has 0 aliphatic heterocycles. The first kappa shape index (κ1) is 24.9. The first-order chi connectivity index (χ1) is 15.7. The van der Waals surface area contributed by atoms with Gasteiger partial charge in [0, 0.05) is 30.3 Å². The van der Waals surface area contributed by atoms with Gasteiger partial charge < -0.3 is 29.0 Å². The standard InChI is InChI=1S/C21H22N2O10/c1-29-16-9-18(31-3)17(30-2)8-14(16)10-22-19(24)11-33-21(26)13-5-12(20(25)32-4)6-15(7-13)23(27)28/h5-9H,10-11H2,1-4H3,(H,22,24). The Kier molecular flexibility index (Phi) is 8.55. The summed E-state index contributed by atoms with van der Waals surface area (Å²) in [6.45, 7) is -0.631. The Morgan fingerprint density at radius 3 is 1.97 bits per heavy atom. The Labute approximate surface area is 188 Å². The Morgan fingerprint density at radius 1 is 0.848 bits per heavy atom. The number of nitrogens with one attached hydrogen (secondary N) is 1. The van der Waals surface area contributed by atoms with Crippen LogP contribution in [0.1, 0.15) is 26.3 Å². The molecule has 0 unspecified atom stereocenters. The number of methoxy groups -OCH3 is 4. The van der Waals surface area contributed by atoms with Crippen molar-refractivity contribution in [3.05, 3.63) is 57.1 Å². The van der Waals surface area contributed by atoms with Crippen molar-refractivity contribution in [1.29, 1.82) is 0 Å². The van der Waals surface area contributed by atoms with Crippen molar-refractivity contribution >= 4 is 23.5 Å². The second kappa shape index (κ2) is 11.3. The highest BCUT2D eigenvalue weighted by Gasteiger charge is 2.20. The fourth-order valence-electron chi connectivity index (χ4n) is 2.76. The number of nitrogens with zero attached hydrogens (tertiary/aromatic N) is 1.